The van der Waals surface area contributed by atoms with Gasteiger partial charge in [0.05, 0.1) is 12.7 Å². The molecule has 0 bridgehead atoms. The third kappa shape index (κ3) is 5.98. The van der Waals surface area contributed by atoms with Gasteiger partial charge in [0.2, 0.25) is 0 Å². The second-order valence-corrected chi connectivity index (χ2v) is 5.69. The highest BCUT2D eigenvalue weighted by molar-refractivity contribution is 5.73. The number of hydrogen-bond acceptors (Lipinski definition) is 2. The minimum absolute atomic E-state index is 0.313. The van der Waals surface area contributed by atoms with Crippen LogP contribution in [-0.2, 0) is 19.0 Å². The van der Waals surface area contributed by atoms with E-state index < -0.39 is 11.7 Å². The summed E-state index contributed by atoms with van der Waals surface area (Å²) in [5.41, 5.74) is 1.05. The number of alkyl halides is 3. The number of ether oxygens (including phenoxy) is 1. The number of nitrogens with one attached hydrogen (secondary N) is 2. The molecule has 0 radical (unpaired) electrons. The Bertz CT molecular complexity index is 715. The summed E-state index contributed by atoms with van der Waals surface area (Å²) in [7, 11) is 1.60. The fraction of sp³-hybridized carbons (Fsp3) is 0.316. The zero-order valence-electron chi connectivity index (χ0n) is 14.4. The van der Waals surface area contributed by atoms with Crippen LogP contribution in [0.4, 0.5) is 18.0 Å². The molecule has 0 spiro atoms. The molecule has 0 saturated carbocycles. The summed E-state index contributed by atoms with van der Waals surface area (Å²) in [6.45, 7) is 0.790. The van der Waals surface area contributed by atoms with E-state index in [1.807, 2.05) is 24.3 Å². The molecular formula is C19H21F3N2O2. The van der Waals surface area contributed by atoms with Crippen molar-refractivity contribution < 1.29 is 22.7 Å². The molecule has 140 valence electrons. The smallest absolute Gasteiger partial charge is 0.416 e. The van der Waals surface area contributed by atoms with E-state index in [0.29, 0.717) is 25.9 Å². The molecule has 2 amide bonds. The van der Waals surface area contributed by atoms with Gasteiger partial charge < -0.3 is 15.4 Å². The van der Waals surface area contributed by atoms with E-state index in [2.05, 4.69) is 10.6 Å². The maximum absolute atomic E-state index is 12.5. The zero-order chi connectivity index (χ0) is 19.0. The van der Waals surface area contributed by atoms with Gasteiger partial charge in [0.25, 0.3) is 0 Å². The van der Waals surface area contributed by atoms with Crippen LogP contribution in [0.3, 0.4) is 0 Å². The van der Waals surface area contributed by atoms with Gasteiger partial charge in [0.1, 0.15) is 5.75 Å². The topological polar surface area (TPSA) is 50.4 Å². The largest absolute Gasteiger partial charge is 0.496 e. The molecule has 0 aliphatic carbocycles. The molecule has 0 aromatic heterocycles. The highest BCUT2D eigenvalue weighted by Crippen LogP contribution is 2.29. The molecule has 2 aromatic carbocycles. The average molecular weight is 366 g/mol. The quantitative estimate of drug-likeness (QED) is 0.783. The van der Waals surface area contributed by atoms with E-state index in [-0.39, 0.29) is 6.03 Å². The monoisotopic (exact) mass is 366 g/mol. The second-order valence-electron chi connectivity index (χ2n) is 5.69. The maximum atomic E-state index is 12.5. The van der Waals surface area contributed by atoms with Crippen molar-refractivity contribution in [2.24, 2.45) is 0 Å². The normalized spacial score (nSPS) is 11.1. The number of halogens is 3. The predicted molar refractivity (Wildman–Crippen MR) is 93.2 cm³/mol. The van der Waals surface area contributed by atoms with Crippen LogP contribution in [0.5, 0.6) is 5.75 Å². The van der Waals surface area contributed by atoms with Crippen LogP contribution >= 0.6 is 0 Å². The molecule has 26 heavy (non-hydrogen) atoms. The van der Waals surface area contributed by atoms with Gasteiger partial charge >= 0.3 is 12.2 Å². The van der Waals surface area contributed by atoms with Crippen molar-refractivity contribution >= 4 is 6.03 Å². The van der Waals surface area contributed by atoms with E-state index in [0.717, 1.165) is 29.0 Å². The third-order valence-electron chi connectivity index (χ3n) is 3.85. The molecule has 2 N–H and O–H groups in total. The minimum Gasteiger partial charge on any atom is -0.496 e. The predicted octanol–water partition coefficient (Wildman–Crippen LogP) is 3.80. The number of rotatable bonds is 7. The van der Waals surface area contributed by atoms with E-state index in [1.165, 1.54) is 12.1 Å². The zero-order valence-corrected chi connectivity index (χ0v) is 14.4. The Hall–Kier alpha value is -2.70. The van der Waals surface area contributed by atoms with Gasteiger partial charge in [-0.3, -0.25) is 0 Å². The SMILES string of the molecule is COc1ccccc1CCNC(=O)NCCc1ccc(C(F)(F)F)cc1. The number of para-hydroxylation sites is 1. The standard InChI is InChI=1S/C19H21F3N2O2/c1-26-17-5-3-2-4-15(17)11-13-24-18(25)23-12-10-14-6-8-16(9-7-14)19(20,21)22/h2-9H,10-13H2,1H3,(H2,23,24,25). The summed E-state index contributed by atoms with van der Waals surface area (Å²) in [5.74, 6) is 0.775. The molecule has 0 aliphatic rings. The van der Waals surface area contributed by atoms with Gasteiger partial charge in [0, 0.05) is 13.1 Å². The van der Waals surface area contributed by atoms with Crippen LogP contribution < -0.4 is 15.4 Å². The van der Waals surface area contributed by atoms with Crippen molar-refractivity contribution in [3.05, 3.63) is 65.2 Å². The molecule has 4 nitrogen and oxygen atoms in total. The Morgan fingerprint density at radius 1 is 0.962 bits per heavy atom. The highest BCUT2D eigenvalue weighted by Gasteiger charge is 2.29. The van der Waals surface area contributed by atoms with E-state index in [1.54, 1.807) is 7.11 Å². The van der Waals surface area contributed by atoms with Gasteiger partial charge in [-0.15, -0.1) is 0 Å². The van der Waals surface area contributed by atoms with Crippen LogP contribution in [0.2, 0.25) is 0 Å². The minimum atomic E-state index is -4.34. The highest BCUT2D eigenvalue weighted by atomic mass is 19.4. The molecule has 0 unspecified atom stereocenters. The van der Waals surface area contributed by atoms with Crippen molar-refractivity contribution in [1.29, 1.82) is 0 Å². The first-order valence-corrected chi connectivity index (χ1v) is 8.20. The first kappa shape index (κ1) is 19.6. The Morgan fingerprint density at radius 3 is 2.19 bits per heavy atom. The Morgan fingerprint density at radius 2 is 1.58 bits per heavy atom. The lowest BCUT2D eigenvalue weighted by molar-refractivity contribution is -0.137. The number of carbonyl (C=O) groups is 1. The molecule has 7 heteroatoms. The van der Waals surface area contributed by atoms with Crippen LogP contribution in [0.15, 0.2) is 48.5 Å². The molecule has 0 aliphatic heterocycles. The van der Waals surface area contributed by atoms with E-state index in [9.17, 15) is 18.0 Å². The van der Waals surface area contributed by atoms with Crippen LogP contribution in [0.1, 0.15) is 16.7 Å². The number of carbonyl (C=O) groups excluding carboxylic acids is 1. The number of amides is 2. The van der Waals surface area contributed by atoms with Gasteiger partial charge in [-0.2, -0.15) is 13.2 Å². The van der Waals surface area contributed by atoms with Crippen molar-refractivity contribution in [2.75, 3.05) is 20.2 Å². The molecule has 0 saturated heterocycles. The van der Waals surface area contributed by atoms with E-state index in [4.69, 9.17) is 4.74 Å². The summed E-state index contributed by atoms with van der Waals surface area (Å²) in [5, 5.41) is 5.43. The lowest BCUT2D eigenvalue weighted by Gasteiger charge is -2.10. The van der Waals surface area contributed by atoms with Crippen molar-refractivity contribution in [1.82, 2.24) is 10.6 Å². The lowest BCUT2D eigenvalue weighted by Crippen LogP contribution is -2.37. The maximum Gasteiger partial charge on any atom is 0.416 e. The summed E-state index contributed by atoms with van der Waals surface area (Å²) in [6.07, 6.45) is -3.24. The average Bonchev–Trinajstić information content (AvgIpc) is 2.62. The molecule has 2 rings (SSSR count). The van der Waals surface area contributed by atoms with Crippen LogP contribution in [-0.4, -0.2) is 26.2 Å². The Kier molecular flexibility index (Phi) is 6.89. The molecule has 0 fully saturated rings. The Labute approximate surface area is 150 Å². The van der Waals surface area contributed by atoms with Crippen LogP contribution in [0, 0.1) is 0 Å². The summed E-state index contributed by atoms with van der Waals surface area (Å²) < 4.78 is 42.7. The number of urea groups is 1. The second kappa shape index (κ2) is 9.12. The number of methoxy groups -OCH3 is 1. The molecule has 2 aromatic rings. The summed E-state index contributed by atoms with van der Waals surface area (Å²) >= 11 is 0. The van der Waals surface area contributed by atoms with Gasteiger partial charge in [-0.25, -0.2) is 4.79 Å². The first-order valence-electron chi connectivity index (χ1n) is 8.20. The summed E-state index contributed by atoms with van der Waals surface area (Å²) in [6, 6.07) is 12.2. The fourth-order valence-corrected chi connectivity index (χ4v) is 2.46. The van der Waals surface area contributed by atoms with Gasteiger partial charge in [0.15, 0.2) is 0 Å². The van der Waals surface area contributed by atoms with E-state index >= 15 is 0 Å². The van der Waals surface area contributed by atoms with Crippen molar-refractivity contribution in [3.63, 3.8) is 0 Å². The molecular weight excluding hydrogens is 345 g/mol. The lowest BCUT2D eigenvalue weighted by atomic mass is 10.1. The van der Waals surface area contributed by atoms with Gasteiger partial charge in [-0.1, -0.05) is 30.3 Å². The summed E-state index contributed by atoms with van der Waals surface area (Å²) in [4.78, 5) is 11.8. The van der Waals surface area contributed by atoms with Crippen LogP contribution in [0.25, 0.3) is 0 Å². The number of hydrogen-bond donors (Lipinski definition) is 2. The van der Waals surface area contributed by atoms with Crippen molar-refractivity contribution in [3.8, 4) is 5.75 Å². The number of benzene rings is 2. The van der Waals surface area contributed by atoms with Gasteiger partial charge in [-0.05, 0) is 42.2 Å². The van der Waals surface area contributed by atoms with Crippen molar-refractivity contribution in [2.45, 2.75) is 19.0 Å². The fourth-order valence-electron chi connectivity index (χ4n) is 2.46. The Balaban J connectivity index is 1.69. The molecule has 0 heterocycles. The third-order valence-corrected chi connectivity index (χ3v) is 3.85. The first-order chi connectivity index (χ1) is 12.4. The molecule has 0 atom stereocenters.